The highest BCUT2D eigenvalue weighted by Crippen LogP contribution is 2.27. The van der Waals surface area contributed by atoms with Gasteiger partial charge in [-0.2, -0.15) is 0 Å². The summed E-state index contributed by atoms with van der Waals surface area (Å²) in [6, 6.07) is 0.651. The second kappa shape index (κ2) is 7.00. The van der Waals surface area contributed by atoms with E-state index in [0.29, 0.717) is 6.04 Å². The topological polar surface area (TPSA) is 27.7 Å². The fourth-order valence-electron chi connectivity index (χ4n) is 3.11. The lowest BCUT2D eigenvalue weighted by Crippen LogP contribution is -2.66. The Morgan fingerprint density at radius 2 is 1.50 bits per heavy atom. The van der Waals surface area contributed by atoms with E-state index in [0.717, 1.165) is 10.7 Å². The Bertz CT molecular complexity index is 232. The van der Waals surface area contributed by atoms with E-state index in [4.69, 9.17) is 13.3 Å². The first-order chi connectivity index (χ1) is 8.58. The molecule has 0 aromatic carbocycles. The van der Waals surface area contributed by atoms with Crippen molar-refractivity contribution in [3.63, 3.8) is 0 Å². The molecule has 1 rings (SSSR count). The third-order valence-electron chi connectivity index (χ3n) is 4.67. The first-order valence-electron chi connectivity index (χ1n) is 7.09. The van der Waals surface area contributed by atoms with Gasteiger partial charge in [-0.25, -0.2) is 0 Å². The van der Waals surface area contributed by atoms with E-state index in [1.807, 2.05) is 0 Å². The first-order valence-corrected chi connectivity index (χ1v) is 9.02. The molecule has 0 radical (unpaired) electrons. The number of piperidine rings is 1. The zero-order valence-corrected chi connectivity index (χ0v) is 13.7. The molecule has 4 nitrogen and oxygen atoms in total. The van der Waals surface area contributed by atoms with Crippen LogP contribution in [0.1, 0.15) is 39.5 Å². The van der Waals surface area contributed by atoms with Gasteiger partial charge in [0.15, 0.2) is 0 Å². The molecule has 0 aliphatic carbocycles. The van der Waals surface area contributed by atoms with E-state index in [-0.39, 0.29) is 0 Å². The highest BCUT2D eigenvalue weighted by molar-refractivity contribution is 6.60. The number of nitrogens with zero attached hydrogens (tertiary/aromatic N) is 1. The van der Waals surface area contributed by atoms with Gasteiger partial charge in [-0.05, 0) is 32.6 Å². The fraction of sp³-hybridized carbons (Fsp3) is 1.00. The van der Waals surface area contributed by atoms with Crippen molar-refractivity contribution in [2.24, 2.45) is 0 Å². The molecule has 0 aromatic heterocycles. The lowest BCUT2D eigenvalue weighted by molar-refractivity contribution is -0.946. The minimum atomic E-state index is -2.48. The molecule has 1 aliphatic heterocycles. The molecule has 1 saturated heterocycles. The zero-order valence-electron chi connectivity index (χ0n) is 12.7. The smallest absolute Gasteiger partial charge is 0.374 e. The summed E-state index contributed by atoms with van der Waals surface area (Å²) < 4.78 is 18.0. The monoisotopic (exact) mass is 276 g/mol. The molecule has 0 amide bonds. The Morgan fingerprint density at radius 1 is 1.00 bits per heavy atom. The van der Waals surface area contributed by atoms with Crippen LogP contribution in [-0.2, 0) is 13.3 Å². The fourth-order valence-corrected chi connectivity index (χ4v) is 5.40. The minimum Gasteiger partial charge on any atom is -0.374 e. The Balaban J connectivity index is 2.89. The Hall–Kier alpha value is 0.0569. The standard InChI is InChI=1S/C13H30NO3Si/c1-6-13(2)14(10-8-7-9-11-14)12-18(15-3,16-4)17-5/h13H,6-12H2,1-5H3/q+1. The van der Waals surface area contributed by atoms with Crippen LogP contribution in [0.25, 0.3) is 0 Å². The van der Waals surface area contributed by atoms with Crippen LogP contribution < -0.4 is 0 Å². The molecule has 0 N–H and O–H groups in total. The van der Waals surface area contributed by atoms with E-state index in [1.165, 1.54) is 38.8 Å². The molecule has 5 heteroatoms. The van der Waals surface area contributed by atoms with Crippen LogP contribution in [-0.4, -0.2) is 59.9 Å². The van der Waals surface area contributed by atoms with Gasteiger partial charge in [-0.15, -0.1) is 0 Å². The third kappa shape index (κ3) is 3.33. The summed E-state index contributed by atoms with van der Waals surface area (Å²) in [5.41, 5.74) is 0. The largest absolute Gasteiger partial charge is 0.558 e. The summed E-state index contributed by atoms with van der Waals surface area (Å²) in [6.45, 7) is 7.10. The lowest BCUT2D eigenvalue weighted by Gasteiger charge is -2.48. The second-order valence-electron chi connectivity index (χ2n) is 5.44. The molecular formula is C13H30NO3Si+. The van der Waals surface area contributed by atoms with Crippen LogP contribution in [0.5, 0.6) is 0 Å². The van der Waals surface area contributed by atoms with Gasteiger partial charge < -0.3 is 17.8 Å². The van der Waals surface area contributed by atoms with Crippen molar-refractivity contribution < 1.29 is 17.8 Å². The summed E-state index contributed by atoms with van der Waals surface area (Å²) in [5, 5.41) is 0. The molecule has 1 aliphatic rings. The molecule has 1 atom stereocenters. The number of quaternary nitrogens is 1. The third-order valence-corrected chi connectivity index (χ3v) is 7.56. The van der Waals surface area contributed by atoms with Crippen molar-refractivity contribution in [1.82, 2.24) is 0 Å². The zero-order chi connectivity index (χ0) is 13.6. The van der Waals surface area contributed by atoms with Gasteiger partial charge in [-0.3, -0.25) is 0 Å². The molecule has 1 fully saturated rings. The van der Waals surface area contributed by atoms with Gasteiger partial charge >= 0.3 is 8.80 Å². The summed E-state index contributed by atoms with van der Waals surface area (Å²) in [6.07, 6.45) is 6.09. The normalized spacial score (nSPS) is 21.8. The predicted molar refractivity (Wildman–Crippen MR) is 75.2 cm³/mol. The van der Waals surface area contributed by atoms with E-state index in [2.05, 4.69) is 13.8 Å². The SMILES string of the molecule is CCC(C)[N+]1(C[Si](OC)(OC)OC)CCCCC1. The number of hydrogen-bond donors (Lipinski definition) is 0. The van der Waals surface area contributed by atoms with Gasteiger partial charge in [0.1, 0.15) is 6.17 Å². The van der Waals surface area contributed by atoms with Crippen LogP contribution in [0.2, 0.25) is 0 Å². The predicted octanol–water partition coefficient (Wildman–Crippen LogP) is 2.20. The van der Waals surface area contributed by atoms with Crippen LogP contribution in [0.3, 0.4) is 0 Å². The Labute approximate surface area is 113 Å². The average molecular weight is 276 g/mol. The summed E-state index contributed by atoms with van der Waals surface area (Å²) in [4.78, 5) is 0. The molecule has 0 spiro atoms. The van der Waals surface area contributed by atoms with Gasteiger partial charge in [0.05, 0.1) is 19.1 Å². The van der Waals surface area contributed by atoms with Crippen LogP contribution >= 0.6 is 0 Å². The first kappa shape index (κ1) is 16.1. The van der Waals surface area contributed by atoms with Crippen LogP contribution in [0.4, 0.5) is 0 Å². The van der Waals surface area contributed by atoms with Crippen molar-refractivity contribution in [3.05, 3.63) is 0 Å². The molecule has 0 aromatic rings. The molecular weight excluding hydrogens is 246 g/mol. The molecule has 108 valence electrons. The quantitative estimate of drug-likeness (QED) is 0.527. The van der Waals surface area contributed by atoms with E-state index in [1.54, 1.807) is 21.3 Å². The summed E-state index contributed by atoms with van der Waals surface area (Å²) in [7, 11) is 2.67. The highest BCUT2D eigenvalue weighted by Gasteiger charge is 2.50. The van der Waals surface area contributed by atoms with Crippen molar-refractivity contribution in [3.8, 4) is 0 Å². The molecule has 0 saturated carbocycles. The van der Waals surface area contributed by atoms with Crippen LogP contribution in [0.15, 0.2) is 0 Å². The lowest BCUT2D eigenvalue weighted by atomic mass is 10.0. The van der Waals surface area contributed by atoms with Crippen LogP contribution in [0, 0.1) is 0 Å². The highest BCUT2D eigenvalue weighted by atomic mass is 28.4. The van der Waals surface area contributed by atoms with Crippen molar-refractivity contribution >= 4 is 8.80 Å². The number of likely N-dealkylation sites (tertiary alicyclic amines) is 1. The maximum atomic E-state index is 5.64. The number of hydrogen-bond acceptors (Lipinski definition) is 3. The maximum Gasteiger partial charge on any atom is 0.558 e. The van der Waals surface area contributed by atoms with Crippen molar-refractivity contribution in [2.75, 3.05) is 40.6 Å². The van der Waals surface area contributed by atoms with E-state index >= 15 is 0 Å². The van der Waals surface area contributed by atoms with Gasteiger partial charge in [0, 0.05) is 21.3 Å². The molecule has 0 bridgehead atoms. The Kier molecular flexibility index (Phi) is 6.27. The average Bonchev–Trinajstić information content (AvgIpc) is 2.45. The van der Waals surface area contributed by atoms with Gasteiger partial charge in [0.2, 0.25) is 0 Å². The van der Waals surface area contributed by atoms with Crippen molar-refractivity contribution in [1.29, 1.82) is 0 Å². The minimum absolute atomic E-state index is 0.651. The summed E-state index contributed by atoms with van der Waals surface area (Å²) >= 11 is 0. The Morgan fingerprint density at radius 3 is 1.89 bits per heavy atom. The van der Waals surface area contributed by atoms with E-state index in [9.17, 15) is 0 Å². The molecule has 1 heterocycles. The van der Waals surface area contributed by atoms with E-state index < -0.39 is 8.80 Å². The molecule has 1 unspecified atom stereocenters. The molecule has 18 heavy (non-hydrogen) atoms. The second-order valence-corrected chi connectivity index (χ2v) is 8.34. The van der Waals surface area contributed by atoms with Gasteiger partial charge in [0.25, 0.3) is 0 Å². The maximum absolute atomic E-state index is 5.64. The summed E-state index contributed by atoms with van der Waals surface area (Å²) in [5.74, 6) is 0. The van der Waals surface area contributed by atoms with Gasteiger partial charge in [-0.1, -0.05) is 6.92 Å². The number of rotatable bonds is 7. The van der Waals surface area contributed by atoms with Crippen molar-refractivity contribution in [2.45, 2.75) is 45.6 Å².